The minimum Gasteiger partial charge on any atom is -0.392 e. The van der Waals surface area contributed by atoms with Crippen molar-refractivity contribution in [2.24, 2.45) is 0 Å². The highest BCUT2D eigenvalue weighted by atomic mass is 16.3. The van der Waals surface area contributed by atoms with Crippen molar-refractivity contribution in [2.75, 3.05) is 19.6 Å². The van der Waals surface area contributed by atoms with Gasteiger partial charge in [0.2, 0.25) is 5.91 Å². The van der Waals surface area contributed by atoms with Gasteiger partial charge in [0.15, 0.2) is 0 Å². The van der Waals surface area contributed by atoms with Gasteiger partial charge in [0, 0.05) is 26.6 Å². The number of nitrogens with one attached hydrogen (secondary N) is 2. The summed E-state index contributed by atoms with van der Waals surface area (Å²) >= 11 is 0. The summed E-state index contributed by atoms with van der Waals surface area (Å²) in [4.78, 5) is 10.5. The molecule has 0 aromatic heterocycles. The maximum absolute atomic E-state index is 10.5. The second-order valence-electron chi connectivity index (χ2n) is 3.13. The zero-order valence-electron chi connectivity index (χ0n) is 8.47. The molecule has 0 fully saturated rings. The van der Waals surface area contributed by atoms with Crippen LogP contribution in [0.5, 0.6) is 0 Å². The van der Waals surface area contributed by atoms with Crippen molar-refractivity contribution in [3.63, 3.8) is 0 Å². The zero-order chi connectivity index (χ0) is 10.1. The van der Waals surface area contributed by atoms with E-state index >= 15 is 0 Å². The molecule has 3 N–H and O–H groups in total. The third kappa shape index (κ3) is 9.30. The summed E-state index contributed by atoms with van der Waals surface area (Å²) in [5.74, 6) is -0.0177. The summed E-state index contributed by atoms with van der Waals surface area (Å²) in [6.45, 7) is 5.47. The van der Waals surface area contributed by atoms with Gasteiger partial charge in [-0.05, 0) is 6.42 Å². The van der Waals surface area contributed by atoms with Crippen LogP contribution in [0.25, 0.3) is 0 Å². The third-order valence-corrected chi connectivity index (χ3v) is 1.68. The Bertz CT molecular complexity index is 140. The Morgan fingerprint density at radius 2 is 2.15 bits per heavy atom. The molecule has 1 atom stereocenters. The first-order chi connectivity index (χ1) is 6.16. The Hall–Kier alpha value is -0.610. The van der Waals surface area contributed by atoms with E-state index in [1.54, 1.807) is 0 Å². The molecule has 4 heteroatoms. The fourth-order valence-corrected chi connectivity index (χ4v) is 1.03. The molecule has 4 nitrogen and oxygen atoms in total. The van der Waals surface area contributed by atoms with Gasteiger partial charge in [-0.1, -0.05) is 13.3 Å². The van der Waals surface area contributed by atoms with Crippen molar-refractivity contribution in [3.8, 4) is 0 Å². The highest BCUT2D eigenvalue weighted by Gasteiger charge is 2.00. The van der Waals surface area contributed by atoms with Gasteiger partial charge in [0.25, 0.3) is 0 Å². The largest absolute Gasteiger partial charge is 0.392 e. The lowest BCUT2D eigenvalue weighted by Crippen LogP contribution is -2.34. The molecule has 0 saturated carbocycles. The molecule has 0 aliphatic heterocycles. The summed E-state index contributed by atoms with van der Waals surface area (Å²) < 4.78 is 0. The lowest BCUT2D eigenvalue weighted by molar-refractivity contribution is -0.118. The van der Waals surface area contributed by atoms with Gasteiger partial charge in [0.05, 0.1) is 6.10 Å². The fraction of sp³-hybridized carbons (Fsp3) is 0.889. The average molecular weight is 188 g/mol. The van der Waals surface area contributed by atoms with Gasteiger partial charge in [-0.3, -0.25) is 4.79 Å². The summed E-state index contributed by atoms with van der Waals surface area (Å²) in [5.41, 5.74) is 0. The van der Waals surface area contributed by atoms with Crippen LogP contribution < -0.4 is 10.6 Å². The van der Waals surface area contributed by atoms with Crippen molar-refractivity contribution in [1.29, 1.82) is 0 Å². The summed E-state index contributed by atoms with van der Waals surface area (Å²) in [6.07, 6.45) is 1.56. The van der Waals surface area contributed by atoms with Gasteiger partial charge in [-0.15, -0.1) is 0 Å². The van der Waals surface area contributed by atoms with Crippen LogP contribution in [0, 0.1) is 0 Å². The first-order valence-corrected chi connectivity index (χ1v) is 4.80. The second-order valence-corrected chi connectivity index (χ2v) is 3.13. The Balaban J connectivity index is 3.11. The van der Waals surface area contributed by atoms with E-state index in [1.165, 1.54) is 6.92 Å². The van der Waals surface area contributed by atoms with E-state index in [0.29, 0.717) is 19.6 Å². The van der Waals surface area contributed by atoms with Crippen molar-refractivity contribution >= 4 is 5.91 Å². The molecule has 13 heavy (non-hydrogen) atoms. The molecule has 0 aliphatic rings. The van der Waals surface area contributed by atoms with E-state index < -0.39 is 0 Å². The van der Waals surface area contributed by atoms with Crippen LogP contribution in [0.2, 0.25) is 0 Å². The topological polar surface area (TPSA) is 61.4 Å². The van der Waals surface area contributed by atoms with Crippen molar-refractivity contribution in [1.82, 2.24) is 10.6 Å². The molecule has 0 heterocycles. The molecule has 0 spiro atoms. The number of carbonyl (C=O) groups excluding carboxylic acids is 1. The van der Waals surface area contributed by atoms with Crippen molar-refractivity contribution in [2.45, 2.75) is 32.8 Å². The molecule has 0 radical (unpaired) electrons. The van der Waals surface area contributed by atoms with Crippen LogP contribution in [0.3, 0.4) is 0 Å². The number of rotatable bonds is 7. The van der Waals surface area contributed by atoms with Gasteiger partial charge in [-0.25, -0.2) is 0 Å². The smallest absolute Gasteiger partial charge is 0.216 e. The molecule has 0 saturated heterocycles. The second kappa shape index (κ2) is 8.01. The monoisotopic (exact) mass is 188 g/mol. The minimum atomic E-state index is -0.262. The van der Waals surface area contributed by atoms with Crippen molar-refractivity contribution < 1.29 is 9.90 Å². The van der Waals surface area contributed by atoms with E-state index in [4.69, 9.17) is 0 Å². The Morgan fingerprint density at radius 3 is 2.69 bits per heavy atom. The lowest BCUT2D eigenvalue weighted by atomic mass is 10.2. The highest BCUT2D eigenvalue weighted by molar-refractivity contribution is 5.72. The molecule has 0 aliphatic carbocycles. The normalized spacial score (nSPS) is 12.5. The molecule has 1 unspecified atom stereocenters. The standard InChI is InChI=1S/C9H20N2O2/c1-3-4-9(13)7-10-5-6-11-8(2)12/h9-10,13H,3-7H2,1-2H3,(H,11,12). The van der Waals surface area contributed by atoms with Gasteiger partial charge < -0.3 is 15.7 Å². The van der Waals surface area contributed by atoms with E-state index in [1.807, 2.05) is 6.92 Å². The number of aliphatic hydroxyl groups is 1. The van der Waals surface area contributed by atoms with Crippen LogP contribution in [0.15, 0.2) is 0 Å². The summed E-state index contributed by atoms with van der Waals surface area (Å²) in [7, 11) is 0. The molecule has 78 valence electrons. The molecular formula is C9H20N2O2. The van der Waals surface area contributed by atoms with Crippen LogP contribution in [0.1, 0.15) is 26.7 Å². The SMILES string of the molecule is CCCC(O)CNCCNC(C)=O. The zero-order valence-corrected chi connectivity index (χ0v) is 8.47. The first-order valence-electron chi connectivity index (χ1n) is 4.80. The van der Waals surface area contributed by atoms with E-state index in [0.717, 1.165) is 12.8 Å². The number of amides is 1. The molecule has 0 aromatic rings. The van der Waals surface area contributed by atoms with E-state index in [-0.39, 0.29) is 12.0 Å². The Kier molecular flexibility index (Phi) is 7.63. The molecule has 0 aromatic carbocycles. The fourth-order valence-electron chi connectivity index (χ4n) is 1.03. The predicted octanol–water partition coefficient (Wildman–Crippen LogP) is -0.127. The summed E-state index contributed by atoms with van der Waals surface area (Å²) in [6, 6.07) is 0. The number of hydrogen-bond donors (Lipinski definition) is 3. The molecular weight excluding hydrogens is 168 g/mol. The van der Waals surface area contributed by atoms with Crippen LogP contribution in [-0.2, 0) is 4.79 Å². The Morgan fingerprint density at radius 1 is 1.46 bits per heavy atom. The third-order valence-electron chi connectivity index (χ3n) is 1.68. The van der Waals surface area contributed by atoms with E-state index in [9.17, 15) is 9.90 Å². The van der Waals surface area contributed by atoms with Crippen molar-refractivity contribution in [3.05, 3.63) is 0 Å². The van der Waals surface area contributed by atoms with Gasteiger partial charge in [0.1, 0.15) is 0 Å². The maximum atomic E-state index is 10.5. The van der Waals surface area contributed by atoms with Crippen LogP contribution in [0.4, 0.5) is 0 Å². The maximum Gasteiger partial charge on any atom is 0.216 e. The van der Waals surface area contributed by atoms with Crippen LogP contribution in [-0.4, -0.2) is 36.8 Å². The van der Waals surface area contributed by atoms with Gasteiger partial charge >= 0.3 is 0 Å². The highest BCUT2D eigenvalue weighted by Crippen LogP contribution is 1.92. The number of hydrogen-bond acceptors (Lipinski definition) is 3. The predicted molar refractivity (Wildman–Crippen MR) is 52.5 cm³/mol. The molecule has 0 bridgehead atoms. The van der Waals surface area contributed by atoms with Gasteiger partial charge in [-0.2, -0.15) is 0 Å². The average Bonchev–Trinajstić information content (AvgIpc) is 2.03. The lowest BCUT2D eigenvalue weighted by Gasteiger charge is -2.10. The van der Waals surface area contributed by atoms with Crippen LogP contribution >= 0.6 is 0 Å². The minimum absolute atomic E-state index is 0.0177. The Labute approximate surface area is 79.7 Å². The number of carbonyl (C=O) groups is 1. The number of aliphatic hydroxyl groups excluding tert-OH is 1. The molecule has 0 rings (SSSR count). The first kappa shape index (κ1) is 12.4. The van der Waals surface area contributed by atoms with E-state index in [2.05, 4.69) is 10.6 Å². The summed E-state index contributed by atoms with van der Waals surface area (Å²) in [5, 5.41) is 15.0. The molecule has 1 amide bonds. The quantitative estimate of drug-likeness (QED) is 0.488.